The van der Waals surface area contributed by atoms with E-state index >= 15 is 0 Å². The maximum absolute atomic E-state index is 11.6. The first kappa shape index (κ1) is 13.5. The number of hydrogen-bond acceptors (Lipinski definition) is 5. The second kappa shape index (κ2) is 5.77. The summed E-state index contributed by atoms with van der Waals surface area (Å²) in [7, 11) is -2.87. The number of sulfone groups is 1. The first-order valence-electron chi connectivity index (χ1n) is 6.17. The molecule has 1 aromatic rings. The van der Waals surface area contributed by atoms with Crippen molar-refractivity contribution in [2.75, 3.05) is 31.1 Å². The Hall–Kier alpha value is -0.980. The lowest BCUT2D eigenvalue weighted by atomic mass is 10.1. The number of nitrogens with zero attached hydrogens (tertiary/aromatic N) is 2. The molecule has 1 aliphatic rings. The Morgan fingerprint density at radius 2 is 2.22 bits per heavy atom. The minimum Gasteiger partial charge on any atom is -0.329 e. The molecule has 0 aromatic carbocycles. The van der Waals surface area contributed by atoms with Crippen LogP contribution >= 0.6 is 0 Å². The third-order valence-electron chi connectivity index (χ3n) is 3.32. The predicted octanol–water partition coefficient (Wildman–Crippen LogP) is 0.202. The average Bonchev–Trinajstić information content (AvgIpc) is 2.54. The predicted molar refractivity (Wildman–Crippen MR) is 70.9 cm³/mol. The Morgan fingerprint density at radius 1 is 1.39 bits per heavy atom. The summed E-state index contributed by atoms with van der Waals surface area (Å²) >= 11 is 0. The van der Waals surface area contributed by atoms with Gasteiger partial charge in [-0.05, 0) is 24.6 Å². The summed E-state index contributed by atoms with van der Waals surface area (Å²) in [6.45, 7) is 1.81. The van der Waals surface area contributed by atoms with Gasteiger partial charge < -0.3 is 5.73 Å². The lowest BCUT2D eigenvalue weighted by Gasteiger charge is -2.29. The molecule has 0 saturated carbocycles. The second-order valence-corrected chi connectivity index (χ2v) is 6.88. The quantitative estimate of drug-likeness (QED) is 0.848. The monoisotopic (exact) mass is 269 g/mol. The minimum absolute atomic E-state index is 0.0620. The highest BCUT2D eigenvalue weighted by Crippen LogP contribution is 2.20. The lowest BCUT2D eigenvalue weighted by molar-refractivity contribution is 0.217. The van der Waals surface area contributed by atoms with E-state index in [-0.39, 0.29) is 17.5 Å². The molecular weight excluding hydrogens is 250 g/mol. The highest BCUT2D eigenvalue weighted by molar-refractivity contribution is 7.91. The highest BCUT2D eigenvalue weighted by atomic mass is 32.2. The van der Waals surface area contributed by atoms with Crippen molar-refractivity contribution < 1.29 is 8.42 Å². The van der Waals surface area contributed by atoms with Crippen LogP contribution in [0.5, 0.6) is 0 Å². The molecule has 1 aliphatic heterocycles. The number of rotatable bonds is 3. The first-order chi connectivity index (χ1) is 8.62. The van der Waals surface area contributed by atoms with Gasteiger partial charge in [-0.3, -0.25) is 9.88 Å². The van der Waals surface area contributed by atoms with Crippen molar-refractivity contribution in [3.05, 3.63) is 30.1 Å². The van der Waals surface area contributed by atoms with Crippen molar-refractivity contribution in [1.29, 1.82) is 0 Å². The van der Waals surface area contributed by atoms with Crippen LogP contribution in [0.2, 0.25) is 0 Å². The van der Waals surface area contributed by atoms with Gasteiger partial charge in [0.05, 0.1) is 11.5 Å². The maximum Gasteiger partial charge on any atom is 0.151 e. The van der Waals surface area contributed by atoms with Gasteiger partial charge in [0, 0.05) is 31.5 Å². The lowest BCUT2D eigenvalue weighted by Crippen LogP contribution is -2.35. The second-order valence-electron chi connectivity index (χ2n) is 4.58. The van der Waals surface area contributed by atoms with Gasteiger partial charge in [-0.25, -0.2) is 8.42 Å². The summed E-state index contributed by atoms with van der Waals surface area (Å²) in [5.74, 6) is 0.512. The zero-order chi connectivity index (χ0) is 13.0. The van der Waals surface area contributed by atoms with Gasteiger partial charge in [0.1, 0.15) is 0 Å². The van der Waals surface area contributed by atoms with Gasteiger partial charge >= 0.3 is 0 Å². The smallest absolute Gasteiger partial charge is 0.151 e. The Labute approximate surface area is 108 Å². The van der Waals surface area contributed by atoms with Gasteiger partial charge in [-0.15, -0.1) is 0 Å². The largest absolute Gasteiger partial charge is 0.329 e. The fourth-order valence-electron chi connectivity index (χ4n) is 2.34. The SMILES string of the molecule is NCC(c1cccnc1)N1CCCS(=O)(=O)CC1. The van der Waals surface area contributed by atoms with Crippen LogP contribution in [-0.4, -0.2) is 49.4 Å². The van der Waals surface area contributed by atoms with E-state index in [1.54, 1.807) is 12.4 Å². The normalized spacial score (nSPS) is 22.3. The van der Waals surface area contributed by atoms with Crippen molar-refractivity contribution in [3.8, 4) is 0 Å². The topological polar surface area (TPSA) is 76.3 Å². The van der Waals surface area contributed by atoms with E-state index < -0.39 is 9.84 Å². The van der Waals surface area contributed by atoms with Crippen LogP contribution in [0.3, 0.4) is 0 Å². The van der Waals surface area contributed by atoms with Crippen LogP contribution in [0, 0.1) is 0 Å². The Balaban J connectivity index is 2.14. The van der Waals surface area contributed by atoms with E-state index in [2.05, 4.69) is 9.88 Å². The third kappa shape index (κ3) is 3.28. The van der Waals surface area contributed by atoms with Crippen molar-refractivity contribution >= 4 is 9.84 Å². The zero-order valence-electron chi connectivity index (χ0n) is 10.3. The van der Waals surface area contributed by atoms with Crippen LogP contribution in [0.4, 0.5) is 0 Å². The van der Waals surface area contributed by atoms with E-state index in [0.717, 1.165) is 12.1 Å². The molecule has 0 aliphatic carbocycles. The third-order valence-corrected chi connectivity index (χ3v) is 5.04. The Morgan fingerprint density at radius 3 is 2.89 bits per heavy atom. The summed E-state index contributed by atoms with van der Waals surface area (Å²) < 4.78 is 23.2. The summed E-state index contributed by atoms with van der Waals surface area (Å²) in [6.07, 6.45) is 4.21. The molecular formula is C12H19N3O2S. The molecule has 1 saturated heterocycles. The summed E-state index contributed by atoms with van der Waals surface area (Å²) in [5.41, 5.74) is 6.89. The van der Waals surface area contributed by atoms with Gasteiger partial charge in [0.15, 0.2) is 9.84 Å². The molecule has 2 N–H and O–H groups in total. The Bertz CT molecular complexity index is 475. The van der Waals surface area contributed by atoms with Crippen LogP contribution in [0.1, 0.15) is 18.0 Å². The molecule has 18 heavy (non-hydrogen) atoms. The molecule has 1 unspecified atom stereocenters. The zero-order valence-corrected chi connectivity index (χ0v) is 11.1. The molecule has 2 rings (SSSR count). The standard InChI is InChI=1S/C12H19N3O2S/c13-9-12(11-3-1-4-14-10-11)15-5-2-7-18(16,17)8-6-15/h1,3-4,10,12H,2,5-9,13H2. The van der Waals surface area contributed by atoms with E-state index in [1.807, 2.05) is 12.1 Å². The van der Waals surface area contributed by atoms with Crippen molar-refractivity contribution in [1.82, 2.24) is 9.88 Å². The number of nitrogens with two attached hydrogens (primary N) is 1. The van der Waals surface area contributed by atoms with E-state index in [1.165, 1.54) is 0 Å². The molecule has 6 heteroatoms. The van der Waals surface area contributed by atoms with Gasteiger partial charge in [0.2, 0.25) is 0 Å². The molecule has 1 aromatic heterocycles. The number of pyridine rings is 1. The fraction of sp³-hybridized carbons (Fsp3) is 0.583. The molecule has 5 nitrogen and oxygen atoms in total. The van der Waals surface area contributed by atoms with Crippen molar-refractivity contribution in [3.63, 3.8) is 0 Å². The van der Waals surface area contributed by atoms with Crippen LogP contribution in [0.15, 0.2) is 24.5 Å². The molecule has 0 bridgehead atoms. The minimum atomic E-state index is -2.87. The molecule has 2 heterocycles. The van der Waals surface area contributed by atoms with Crippen molar-refractivity contribution in [2.45, 2.75) is 12.5 Å². The van der Waals surface area contributed by atoms with Gasteiger partial charge in [0.25, 0.3) is 0 Å². The molecule has 0 radical (unpaired) electrons. The highest BCUT2D eigenvalue weighted by Gasteiger charge is 2.24. The van der Waals surface area contributed by atoms with E-state index in [4.69, 9.17) is 5.73 Å². The molecule has 1 fully saturated rings. The fourth-order valence-corrected chi connectivity index (χ4v) is 3.62. The van der Waals surface area contributed by atoms with E-state index in [9.17, 15) is 8.42 Å². The molecule has 0 spiro atoms. The number of hydrogen-bond donors (Lipinski definition) is 1. The summed E-state index contributed by atoms with van der Waals surface area (Å²) in [6, 6.07) is 3.93. The van der Waals surface area contributed by atoms with Crippen molar-refractivity contribution in [2.24, 2.45) is 5.73 Å². The molecule has 0 amide bonds. The van der Waals surface area contributed by atoms with Gasteiger partial charge in [-0.2, -0.15) is 0 Å². The number of aromatic nitrogens is 1. The molecule has 100 valence electrons. The van der Waals surface area contributed by atoms with Crippen LogP contribution in [-0.2, 0) is 9.84 Å². The average molecular weight is 269 g/mol. The summed E-state index contributed by atoms with van der Waals surface area (Å²) in [4.78, 5) is 6.25. The van der Waals surface area contributed by atoms with Crippen LogP contribution in [0.25, 0.3) is 0 Å². The van der Waals surface area contributed by atoms with E-state index in [0.29, 0.717) is 19.5 Å². The molecule has 1 atom stereocenters. The first-order valence-corrected chi connectivity index (χ1v) is 7.99. The summed E-state index contributed by atoms with van der Waals surface area (Å²) in [5, 5.41) is 0. The Kier molecular flexibility index (Phi) is 4.31. The van der Waals surface area contributed by atoms with Crippen LogP contribution < -0.4 is 5.73 Å². The maximum atomic E-state index is 11.6. The van der Waals surface area contributed by atoms with Gasteiger partial charge in [-0.1, -0.05) is 6.07 Å².